The van der Waals surface area contributed by atoms with Crippen LogP contribution in [-0.2, 0) is 13.6 Å². The summed E-state index contributed by atoms with van der Waals surface area (Å²) in [6, 6.07) is 15.5. The number of benzene rings is 2. The van der Waals surface area contributed by atoms with Crippen LogP contribution >= 0.6 is 19.2 Å². The summed E-state index contributed by atoms with van der Waals surface area (Å²) in [5, 5.41) is 3.36. The van der Waals surface area contributed by atoms with Gasteiger partial charge in [0.25, 0.3) is 5.91 Å². The SMILES string of the molecule is CC1(C)COP(=O)(C(NC(=O)c2ccccc2)c2ccc(Cl)cc2)OC1. The molecule has 1 aliphatic heterocycles. The zero-order valence-electron chi connectivity index (χ0n) is 14.6. The standard InChI is InChI=1S/C19H21ClNO4P/c1-19(2)12-24-26(23,25-13-19)18(15-8-10-16(20)11-9-15)21-17(22)14-6-4-3-5-7-14/h3-11,18H,12-13H2,1-2H3,(H,21,22). The van der Waals surface area contributed by atoms with Gasteiger partial charge in [-0.05, 0) is 29.8 Å². The Hall–Kier alpha value is -1.65. The Labute approximate surface area is 158 Å². The van der Waals surface area contributed by atoms with Crippen molar-refractivity contribution in [1.82, 2.24) is 5.32 Å². The summed E-state index contributed by atoms with van der Waals surface area (Å²) < 4.78 is 24.7. The van der Waals surface area contributed by atoms with Crippen LogP contribution in [0.15, 0.2) is 54.6 Å². The molecule has 1 unspecified atom stereocenters. The molecule has 0 saturated carbocycles. The van der Waals surface area contributed by atoms with E-state index in [1.807, 2.05) is 19.9 Å². The van der Waals surface area contributed by atoms with Crippen molar-refractivity contribution in [2.24, 2.45) is 5.41 Å². The fourth-order valence-corrected chi connectivity index (χ4v) is 4.91. The molecule has 26 heavy (non-hydrogen) atoms. The summed E-state index contributed by atoms with van der Waals surface area (Å²) in [6.45, 7) is 4.51. The van der Waals surface area contributed by atoms with E-state index in [1.165, 1.54) is 0 Å². The van der Waals surface area contributed by atoms with Gasteiger partial charge in [0.15, 0.2) is 5.78 Å². The monoisotopic (exact) mass is 393 g/mol. The van der Waals surface area contributed by atoms with Crippen LogP contribution in [0.3, 0.4) is 0 Å². The second-order valence-electron chi connectivity index (χ2n) is 7.04. The normalized spacial score (nSPS) is 19.5. The van der Waals surface area contributed by atoms with E-state index in [9.17, 15) is 9.36 Å². The third-order valence-corrected chi connectivity index (χ3v) is 6.37. The Morgan fingerprint density at radius 3 is 2.23 bits per heavy atom. The maximum Gasteiger partial charge on any atom is 0.357 e. The molecule has 5 nitrogen and oxygen atoms in total. The highest BCUT2D eigenvalue weighted by molar-refractivity contribution is 7.54. The Morgan fingerprint density at radius 2 is 1.65 bits per heavy atom. The summed E-state index contributed by atoms with van der Waals surface area (Å²) in [7, 11) is -3.59. The third kappa shape index (κ3) is 4.36. The number of rotatable bonds is 4. The first-order chi connectivity index (χ1) is 12.3. The molecule has 1 amide bonds. The fraction of sp³-hybridized carbons (Fsp3) is 0.316. The van der Waals surface area contributed by atoms with Gasteiger partial charge in [-0.2, -0.15) is 0 Å². The molecule has 1 saturated heterocycles. The first-order valence-electron chi connectivity index (χ1n) is 8.29. The lowest BCUT2D eigenvalue weighted by Gasteiger charge is -2.37. The average Bonchev–Trinajstić information content (AvgIpc) is 2.64. The predicted molar refractivity (Wildman–Crippen MR) is 101 cm³/mol. The van der Waals surface area contributed by atoms with Gasteiger partial charge in [-0.1, -0.05) is 55.8 Å². The summed E-state index contributed by atoms with van der Waals surface area (Å²) >= 11 is 5.96. The van der Waals surface area contributed by atoms with Crippen LogP contribution in [0.25, 0.3) is 0 Å². The molecule has 7 heteroatoms. The number of nitrogens with one attached hydrogen (secondary N) is 1. The molecular formula is C19H21ClNO4P. The Morgan fingerprint density at radius 1 is 1.08 bits per heavy atom. The van der Waals surface area contributed by atoms with E-state index in [4.69, 9.17) is 20.6 Å². The van der Waals surface area contributed by atoms with Gasteiger partial charge in [-0.25, -0.2) is 0 Å². The lowest BCUT2D eigenvalue weighted by Crippen LogP contribution is -2.35. The van der Waals surface area contributed by atoms with E-state index < -0.39 is 13.4 Å². The second kappa shape index (κ2) is 7.53. The minimum Gasteiger partial charge on any atom is -0.334 e. The molecule has 1 fully saturated rings. The van der Waals surface area contributed by atoms with Crippen LogP contribution in [-0.4, -0.2) is 19.1 Å². The Kier molecular flexibility index (Phi) is 5.54. The minimum atomic E-state index is -3.59. The van der Waals surface area contributed by atoms with Crippen molar-refractivity contribution in [1.29, 1.82) is 0 Å². The quantitative estimate of drug-likeness (QED) is 0.739. The molecule has 1 heterocycles. The summed E-state index contributed by atoms with van der Waals surface area (Å²) in [5.74, 6) is -1.26. The van der Waals surface area contributed by atoms with Gasteiger partial charge in [-0.15, -0.1) is 0 Å². The van der Waals surface area contributed by atoms with Gasteiger partial charge >= 0.3 is 7.60 Å². The van der Waals surface area contributed by atoms with Crippen molar-refractivity contribution in [3.63, 3.8) is 0 Å². The zero-order valence-corrected chi connectivity index (χ0v) is 16.3. The minimum absolute atomic E-state index is 0.234. The van der Waals surface area contributed by atoms with Crippen LogP contribution in [0.4, 0.5) is 0 Å². The van der Waals surface area contributed by atoms with Crippen molar-refractivity contribution >= 4 is 25.1 Å². The van der Waals surface area contributed by atoms with Crippen molar-refractivity contribution in [3.8, 4) is 0 Å². The molecule has 0 bridgehead atoms. The second-order valence-corrected chi connectivity index (χ2v) is 9.59. The van der Waals surface area contributed by atoms with Crippen LogP contribution in [0.5, 0.6) is 0 Å². The Balaban J connectivity index is 1.91. The third-order valence-electron chi connectivity index (χ3n) is 4.08. The van der Waals surface area contributed by atoms with Gasteiger partial charge < -0.3 is 14.4 Å². The van der Waals surface area contributed by atoms with Gasteiger partial charge in [0.05, 0.1) is 13.2 Å². The molecule has 1 atom stereocenters. The largest absolute Gasteiger partial charge is 0.357 e. The first kappa shape index (κ1) is 19.1. The molecule has 0 radical (unpaired) electrons. The first-order valence-corrected chi connectivity index (χ1v) is 10.3. The number of amides is 1. The molecule has 138 valence electrons. The van der Waals surface area contributed by atoms with Crippen LogP contribution < -0.4 is 5.32 Å². The van der Waals surface area contributed by atoms with E-state index in [0.29, 0.717) is 16.1 Å². The average molecular weight is 394 g/mol. The molecule has 1 N–H and O–H groups in total. The molecule has 0 spiro atoms. The summed E-state index contributed by atoms with van der Waals surface area (Å²) in [5.41, 5.74) is 0.846. The van der Waals surface area contributed by atoms with E-state index in [2.05, 4.69) is 5.32 Å². The van der Waals surface area contributed by atoms with Crippen molar-refractivity contribution in [3.05, 3.63) is 70.7 Å². The predicted octanol–water partition coefficient (Wildman–Crippen LogP) is 5.03. The number of hydrogen-bond donors (Lipinski definition) is 1. The summed E-state index contributed by atoms with van der Waals surface area (Å²) in [4.78, 5) is 12.6. The van der Waals surface area contributed by atoms with Crippen LogP contribution in [0.1, 0.15) is 35.6 Å². The van der Waals surface area contributed by atoms with E-state index in [1.54, 1.807) is 48.5 Å². The number of halogens is 1. The van der Waals surface area contributed by atoms with Gasteiger partial charge in [-0.3, -0.25) is 9.36 Å². The molecule has 0 aliphatic carbocycles. The smallest absolute Gasteiger partial charge is 0.334 e. The highest BCUT2D eigenvalue weighted by atomic mass is 35.5. The highest BCUT2D eigenvalue weighted by Gasteiger charge is 2.44. The lowest BCUT2D eigenvalue weighted by atomic mass is 9.97. The number of hydrogen-bond acceptors (Lipinski definition) is 4. The van der Waals surface area contributed by atoms with E-state index in [0.717, 1.165) is 0 Å². The molecule has 3 rings (SSSR count). The van der Waals surface area contributed by atoms with Gasteiger partial charge in [0, 0.05) is 16.0 Å². The molecule has 2 aromatic rings. The highest BCUT2D eigenvalue weighted by Crippen LogP contribution is 2.63. The number of carbonyl (C=O) groups is 1. The zero-order chi connectivity index (χ0) is 18.8. The summed E-state index contributed by atoms with van der Waals surface area (Å²) in [6.07, 6.45) is 0. The Bertz CT molecular complexity index is 809. The maximum atomic E-state index is 13.4. The molecule has 2 aromatic carbocycles. The van der Waals surface area contributed by atoms with E-state index in [-0.39, 0.29) is 24.5 Å². The maximum absolute atomic E-state index is 13.4. The number of carbonyl (C=O) groups excluding carboxylic acids is 1. The van der Waals surface area contributed by atoms with E-state index >= 15 is 0 Å². The van der Waals surface area contributed by atoms with Gasteiger partial charge in [0.2, 0.25) is 0 Å². The van der Waals surface area contributed by atoms with Crippen molar-refractivity contribution in [2.75, 3.05) is 13.2 Å². The van der Waals surface area contributed by atoms with Gasteiger partial charge in [0.1, 0.15) is 0 Å². The molecule has 1 aliphatic rings. The van der Waals surface area contributed by atoms with Crippen molar-refractivity contribution < 1.29 is 18.4 Å². The lowest BCUT2D eigenvalue weighted by molar-refractivity contribution is 0.0361. The molecular weight excluding hydrogens is 373 g/mol. The van der Waals surface area contributed by atoms with Crippen LogP contribution in [0, 0.1) is 5.41 Å². The fourth-order valence-electron chi connectivity index (χ4n) is 2.54. The van der Waals surface area contributed by atoms with Crippen molar-refractivity contribution in [2.45, 2.75) is 19.6 Å². The van der Waals surface area contributed by atoms with Crippen LogP contribution in [0.2, 0.25) is 5.02 Å². The molecule has 0 aromatic heterocycles. The topological polar surface area (TPSA) is 64.6 Å².